The number of thiazole rings is 1. The molecule has 5 aromatic carbocycles. The first-order valence-corrected chi connectivity index (χ1v) is 23.3. The Hall–Kier alpha value is -7.30. The summed E-state index contributed by atoms with van der Waals surface area (Å²) in [4.78, 5) is 78.6. The second-order valence-electron chi connectivity index (χ2n) is 16.6. The minimum atomic E-state index is -1.75. The number of oxime groups is 1. The molecule has 8 rings (SSSR count). The van der Waals surface area contributed by atoms with Gasteiger partial charge in [-0.15, -0.1) is 23.1 Å². The third kappa shape index (κ3) is 9.67. The van der Waals surface area contributed by atoms with Crippen LogP contribution >= 0.6 is 23.1 Å². The lowest BCUT2D eigenvalue weighted by molar-refractivity contribution is -0.172. The molecule has 2 aliphatic rings. The van der Waals surface area contributed by atoms with Crippen molar-refractivity contribution in [2.75, 3.05) is 24.2 Å². The quantitative estimate of drug-likeness (QED) is 0.0271. The van der Waals surface area contributed by atoms with Gasteiger partial charge in [-0.1, -0.05) is 157 Å². The largest absolute Gasteiger partial charge is 0.481 e. The Morgan fingerprint density at radius 3 is 1.82 bits per heavy atom. The van der Waals surface area contributed by atoms with Gasteiger partial charge in [0.15, 0.2) is 16.9 Å². The zero-order valence-electron chi connectivity index (χ0n) is 36.7. The van der Waals surface area contributed by atoms with Crippen LogP contribution in [0.5, 0.6) is 0 Å². The number of esters is 2. The van der Waals surface area contributed by atoms with Crippen molar-refractivity contribution in [2.24, 2.45) is 10.6 Å². The summed E-state index contributed by atoms with van der Waals surface area (Å²) in [6.45, 7) is 3.49. The summed E-state index contributed by atoms with van der Waals surface area (Å²) in [5, 5.41) is 22.3. The number of ether oxygens (including phenoxy) is 2. The molecule has 3 atom stereocenters. The number of carbonyl (C=O) groups excluding carboxylic acids is 4. The molecule has 6 aromatic rings. The van der Waals surface area contributed by atoms with E-state index in [1.807, 2.05) is 152 Å². The van der Waals surface area contributed by atoms with E-state index in [1.165, 1.54) is 37.0 Å². The zero-order valence-corrected chi connectivity index (χ0v) is 38.4. The summed E-state index contributed by atoms with van der Waals surface area (Å²) in [6, 6.07) is 47.2. The molecule has 2 unspecified atom stereocenters. The number of carboxylic acid groups (broad SMARTS) is 1. The molecule has 2 saturated heterocycles. The molecule has 3 N–H and O–H groups in total. The van der Waals surface area contributed by atoms with Gasteiger partial charge in [0.2, 0.25) is 11.5 Å². The van der Waals surface area contributed by atoms with Crippen LogP contribution in [-0.4, -0.2) is 86.3 Å². The smallest absolute Gasteiger partial charge is 0.353 e. The lowest BCUT2D eigenvalue weighted by atomic mass is 9.77. The number of amides is 2. The van der Waals surface area contributed by atoms with Crippen LogP contribution in [0.1, 0.15) is 60.4 Å². The van der Waals surface area contributed by atoms with E-state index in [4.69, 9.17) is 19.3 Å². The van der Waals surface area contributed by atoms with Crippen LogP contribution in [0.2, 0.25) is 0 Å². The number of thioether (sulfide) groups is 1. The Balaban J connectivity index is 1.12. The van der Waals surface area contributed by atoms with Crippen LogP contribution in [0.15, 0.2) is 162 Å². The van der Waals surface area contributed by atoms with Gasteiger partial charge in [0.05, 0.1) is 0 Å². The Labute approximate surface area is 395 Å². The molecular weight excluding hydrogens is 891 g/mol. The maximum Gasteiger partial charge on any atom is 0.353 e. The first-order valence-electron chi connectivity index (χ1n) is 21.4. The molecule has 2 aliphatic heterocycles. The highest BCUT2D eigenvalue weighted by Gasteiger charge is 2.58. The molecule has 16 heteroatoms. The number of hydrogen-bond donors (Lipinski definition) is 3. The van der Waals surface area contributed by atoms with E-state index in [2.05, 4.69) is 15.8 Å². The van der Waals surface area contributed by atoms with Gasteiger partial charge in [-0.3, -0.25) is 19.2 Å². The average Bonchev–Trinajstić information content (AvgIpc) is 3.82. The maximum atomic E-state index is 14.5. The highest BCUT2D eigenvalue weighted by atomic mass is 32.2. The van der Waals surface area contributed by atoms with Crippen LogP contribution in [0.25, 0.3) is 0 Å². The highest BCUT2D eigenvalue weighted by molar-refractivity contribution is 8.00. The minimum Gasteiger partial charge on any atom is -0.481 e. The van der Waals surface area contributed by atoms with Gasteiger partial charge >= 0.3 is 17.9 Å². The molecule has 0 spiro atoms. The second kappa shape index (κ2) is 19.7. The van der Waals surface area contributed by atoms with Crippen molar-refractivity contribution in [3.63, 3.8) is 0 Å². The molecule has 67 heavy (non-hydrogen) atoms. The number of rotatable bonds is 17. The first kappa shape index (κ1) is 46.2. The molecule has 14 nitrogen and oxygen atoms in total. The molecule has 3 heterocycles. The Bertz CT molecular complexity index is 2620. The van der Waals surface area contributed by atoms with E-state index >= 15 is 0 Å². The number of aromatic nitrogens is 1. The highest BCUT2D eigenvalue weighted by Crippen LogP contribution is 2.43. The van der Waals surface area contributed by atoms with Crippen molar-refractivity contribution in [3.05, 3.63) is 191 Å². The number of anilines is 1. The number of carbonyl (C=O) groups is 5. The van der Waals surface area contributed by atoms with Crippen LogP contribution < -0.4 is 10.6 Å². The van der Waals surface area contributed by atoms with Gasteiger partial charge in [0.1, 0.15) is 34.7 Å². The van der Waals surface area contributed by atoms with Gasteiger partial charge in [0, 0.05) is 24.6 Å². The van der Waals surface area contributed by atoms with Gasteiger partial charge in [-0.2, -0.15) is 0 Å². The predicted molar refractivity (Wildman–Crippen MR) is 254 cm³/mol. The van der Waals surface area contributed by atoms with Gasteiger partial charge < -0.3 is 35.0 Å². The van der Waals surface area contributed by atoms with Crippen molar-refractivity contribution in [3.8, 4) is 0 Å². The first-order chi connectivity index (χ1) is 32.3. The molecule has 0 radical (unpaired) electrons. The molecule has 1 aromatic heterocycles. The van der Waals surface area contributed by atoms with E-state index in [1.54, 1.807) is 5.38 Å². The van der Waals surface area contributed by atoms with E-state index in [0.717, 1.165) is 39.6 Å². The van der Waals surface area contributed by atoms with Crippen LogP contribution in [-0.2, 0) is 43.8 Å². The molecule has 342 valence electrons. The van der Waals surface area contributed by atoms with E-state index in [-0.39, 0.29) is 23.7 Å². The van der Waals surface area contributed by atoms with Crippen LogP contribution in [0.3, 0.4) is 0 Å². The summed E-state index contributed by atoms with van der Waals surface area (Å²) < 4.78 is 11.2. The topological polar surface area (TPSA) is 186 Å². The fourth-order valence-electron chi connectivity index (χ4n) is 7.97. The summed E-state index contributed by atoms with van der Waals surface area (Å²) in [5.41, 5.74) is -0.287. The Kier molecular flexibility index (Phi) is 13.6. The molecule has 0 bridgehead atoms. The van der Waals surface area contributed by atoms with Crippen molar-refractivity contribution in [1.29, 1.82) is 0 Å². The zero-order chi connectivity index (χ0) is 47.2. The standard InChI is InChI=1S/C51H47N5O9S2/c1-33(57)63-31-50(46(60)61)30-56-44(59)41(45(56)67-32-50)53-43(58)40(55-65-49(2,3)47(62)64-42(34-19-9-4-10-20-34)35-21-11-5-12-22-35)39-29-66-48(52-39)54-51(36-23-13-6-14-24-36,37-25-15-7-16-26-37)38-27-17-8-18-28-38/h4-29,41-42,45H,30-32H2,1-3H3,(H,52,54)(H,53,58)(H,60,61)/t41?,45-,50?/m1/s1. The fourth-order valence-corrected chi connectivity index (χ4v) is 10.2. The summed E-state index contributed by atoms with van der Waals surface area (Å²) >= 11 is 2.37. The monoisotopic (exact) mass is 937 g/mol. The Morgan fingerprint density at radius 1 is 0.821 bits per heavy atom. The second-order valence-corrected chi connectivity index (χ2v) is 18.6. The van der Waals surface area contributed by atoms with E-state index < -0.39 is 70.4 Å². The van der Waals surface area contributed by atoms with E-state index in [0.29, 0.717) is 5.13 Å². The third-order valence-electron chi connectivity index (χ3n) is 11.6. The Morgan fingerprint density at radius 2 is 1.33 bits per heavy atom. The SMILES string of the molecule is CC(=O)OCC1(C(=O)O)CS[C@@H]2C(NC(=O)C(=NOC(C)(C)C(=O)OC(c3ccccc3)c3ccccc3)c3csc(NC(c4ccccc4)(c4ccccc4)c4ccccc4)n3)C(=O)N2C1. The van der Waals surface area contributed by atoms with Gasteiger partial charge in [-0.05, 0) is 41.7 Å². The lowest BCUT2D eigenvalue weighted by Crippen LogP contribution is -2.74. The fraction of sp³-hybridized carbons (Fsp3) is 0.235. The number of β-lactam (4-membered cyclic amide) rings is 1. The van der Waals surface area contributed by atoms with Crippen LogP contribution in [0, 0.1) is 5.41 Å². The summed E-state index contributed by atoms with van der Waals surface area (Å²) in [5.74, 6) is -3.98. The number of nitrogens with one attached hydrogen (secondary N) is 2. The van der Waals surface area contributed by atoms with Gasteiger partial charge in [0.25, 0.3) is 5.91 Å². The van der Waals surface area contributed by atoms with Crippen molar-refractivity contribution in [2.45, 2.75) is 49.4 Å². The molecule has 0 saturated carbocycles. The third-order valence-corrected chi connectivity index (χ3v) is 13.9. The number of aliphatic carboxylic acids is 1. The molecular formula is C51H47N5O9S2. The van der Waals surface area contributed by atoms with E-state index in [9.17, 15) is 29.1 Å². The number of fused-ring (bicyclic) bond motifs is 1. The van der Waals surface area contributed by atoms with Gasteiger partial charge in [-0.25, -0.2) is 9.78 Å². The van der Waals surface area contributed by atoms with Crippen LogP contribution in [0.4, 0.5) is 5.13 Å². The van der Waals surface area contributed by atoms with Crippen molar-refractivity contribution in [1.82, 2.24) is 15.2 Å². The molecule has 2 amide bonds. The van der Waals surface area contributed by atoms with Crippen molar-refractivity contribution < 1.29 is 43.4 Å². The number of benzene rings is 5. The maximum absolute atomic E-state index is 14.5. The molecule has 2 fully saturated rings. The van der Waals surface area contributed by atoms with Crippen molar-refractivity contribution >= 4 is 63.7 Å². The predicted octanol–water partition coefficient (Wildman–Crippen LogP) is 7.41. The normalized spacial score (nSPS) is 18.2. The number of nitrogens with zero attached hydrogens (tertiary/aromatic N) is 3. The summed E-state index contributed by atoms with van der Waals surface area (Å²) in [6.07, 6.45) is -0.787. The lowest BCUT2D eigenvalue weighted by Gasteiger charge is -2.53. The summed E-state index contributed by atoms with van der Waals surface area (Å²) in [7, 11) is 0. The minimum absolute atomic E-state index is 0.0108. The number of carboxylic acids is 1. The number of hydrogen-bond acceptors (Lipinski definition) is 13. The average molecular weight is 938 g/mol. The molecule has 0 aliphatic carbocycles.